The Morgan fingerprint density at radius 1 is 1.23 bits per heavy atom. The molecule has 5 rings (SSSR count). The van der Waals surface area contributed by atoms with E-state index in [-0.39, 0.29) is 0 Å². The van der Waals surface area contributed by atoms with Crippen LogP contribution in [0.2, 0.25) is 0 Å². The first-order valence-corrected chi connectivity index (χ1v) is 9.73. The van der Waals surface area contributed by atoms with E-state index >= 15 is 0 Å². The van der Waals surface area contributed by atoms with Gasteiger partial charge < -0.3 is 19.7 Å². The summed E-state index contributed by atoms with van der Waals surface area (Å²) in [5, 5.41) is 4.80. The topological polar surface area (TPSA) is 59.5 Å². The first-order valence-electron chi connectivity index (χ1n) is 9.73. The number of nitrogens with one attached hydrogen (secondary N) is 1. The minimum atomic E-state index is 0.443. The van der Waals surface area contributed by atoms with E-state index in [1.54, 1.807) is 6.33 Å². The summed E-state index contributed by atoms with van der Waals surface area (Å²) in [5.41, 5.74) is 2.66. The molecule has 26 heavy (non-hydrogen) atoms. The Hall–Kier alpha value is -1.92. The van der Waals surface area contributed by atoms with Crippen LogP contribution in [0.15, 0.2) is 24.5 Å². The maximum Gasteiger partial charge on any atom is 0.137 e. The minimum Gasteiger partial charge on any atom is -0.378 e. The van der Waals surface area contributed by atoms with Crippen molar-refractivity contribution >= 4 is 22.4 Å². The smallest absolute Gasteiger partial charge is 0.137 e. The number of benzene rings is 1. The zero-order valence-corrected chi connectivity index (χ0v) is 15.3. The number of anilines is 2. The maximum atomic E-state index is 5.74. The Morgan fingerprint density at radius 3 is 2.88 bits per heavy atom. The first-order chi connectivity index (χ1) is 12.8. The lowest BCUT2D eigenvalue weighted by atomic mass is 9.78. The summed E-state index contributed by atoms with van der Waals surface area (Å²) >= 11 is 0. The van der Waals surface area contributed by atoms with Crippen molar-refractivity contribution in [3.05, 3.63) is 24.5 Å². The number of fused-ring (bicyclic) bond motifs is 1. The van der Waals surface area contributed by atoms with E-state index in [0.717, 1.165) is 49.6 Å². The van der Waals surface area contributed by atoms with Gasteiger partial charge in [0.25, 0.3) is 0 Å². The third kappa shape index (κ3) is 2.81. The van der Waals surface area contributed by atoms with Crippen molar-refractivity contribution in [2.24, 2.45) is 5.41 Å². The second-order valence-electron chi connectivity index (χ2n) is 7.77. The molecule has 6 heteroatoms. The highest BCUT2D eigenvalue weighted by molar-refractivity contribution is 5.91. The first kappa shape index (κ1) is 16.3. The molecule has 1 unspecified atom stereocenters. The fraction of sp³-hybridized carbons (Fsp3) is 0.600. The highest BCUT2D eigenvalue weighted by Gasteiger charge is 2.62. The molecule has 6 nitrogen and oxygen atoms in total. The van der Waals surface area contributed by atoms with Gasteiger partial charge in [0.2, 0.25) is 0 Å². The molecule has 0 radical (unpaired) electrons. The molecule has 0 amide bonds. The van der Waals surface area contributed by atoms with Gasteiger partial charge in [0.05, 0.1) is 24.8 Å². The van der Waals surface area contributed by atoms with Gasteiger partial charge in [0.15, 0.2) is 0 Å². The molecule has 2 aromatic rings. The lowest BCUT2D eigenvalue weighted by Crippen LogP contribution is -2.36. The fourth-order valence-electron chi connectivity index (χ4n) is 4.55. The second-order valence-corrected chi connectivity index (χ2v) is 7.77. The molecule has 1 saturated heterocycles. The summed E-state index contributed by atoms with van der Waals surface area (Å²) in [4.78, 5) is 11.4. The van der Waals surface area contributed by atoms with Crippen LogP contribution in [0.5, 0.6) is 0 Å². The summed E-state index contributed by atoms with van der Waals surface area (Å²) in [6.07, 6.45) is 5.71. The standard InChI is InChI=1S/C20H26N4O2/c1-2-26-15-10-20(11-15)12-18(20)23-19-16-9-14(24-5-7-25-8-6-24)3-4-17(16)21-13-22-19/h3-4,9,13,15,18H,2,5-8,10-12H2,1H3,(H,21,22,23). The van der Waals surface area contributed by atoms with E-state index in [1.807, 2.05) is 0 Å². The second kappa shape index (κ2) is 6.35. The van der Waals surface area contributed by atoms with Gasteiger partial charge in [-0.05, 0) is 49.8 Å². The van der Waals surface area contributed by atoms with Crippen molar-refractivity contribution in [3.8, 4) is 0 Å². The van der Waals surface area contributed by atoms with Gasteiger partial charge in [-0.15, -0.1) is 0 Å². The number of aromatic nitrogens is 2. The summed E-state index contributed by atoms with van der Waals surface area (Å²) < 4.78 is 11.2. The SMILES string of the molecule is CCOC1CC2(C1)CC2Nc1ncnc2ccc(N3CCOCC3)cc12. The monoisotopic (exact) mass is 354 g/mol. The number of morpholine rings is 1. The van der Waals surface area contributed by atoms with Crippen LogP contribution >= 0.6 is 0 Å². The number of hydrogen-bond donors (Lipinski definition) is 1. The number of rotatable bonds is 5. The van der Waals surface area contributed by atoms with Gasteiger partial charge in [0.1, 0.15) is 12.1 Å². The summed E-state index contributed by atoms with van der Waals surface area (Å²) in [5.74, 6) is 0.965. The largest absolute Gasteiger partial charge is 0.378 e. The van der Waals surface area contributed by atoms with E-state index in [1.165, 1.54) is 24.9 Å². The van der Waals surface area contributed by atoms with Crippen molar-refractivity contribution in [3.63, 3.8) is 0 Å². The van der Waals surface area contributed by atoms with E-state index in [2.05, 4.69) is 45.3 Å². The van der Waals surface area contributed by atoms with Crippen molar-refractivity contribution in [1.82, 2.24) is 9.97 Å². The molecule has 138 valence electrons. The molecule has 2 aliphatic carbocycles. The Kier molecular flexibility index (Phi) is 3.98. The Morgan fingerprint density at radius 2 is 2.08 bits per heavy atom. The van der Waals surface area contributed by atoms with E-state index in [9.17, 15) is 0 Å². The molecule has 1 aromatic carbocycles. The normalized spacial score (nSPS) is 30.4. The van der Waals surface area contributed by atoms with Crippen LogP contribution in [0.4, 0.5) is 11.5 Å². The maximum absolute atomic E-state index is 5.74. The molecule has 3 fully saturated rings. The average molecular weight is 354 g/mol. The summed E-state index contributed by atoms with van der Waals surface area (Å²) in [7, 11) is 0. The zero-order valence-electron chi connectivity index (χ0n) is 15.3. The van der Waals surface area contributed by atoms with Gasteiger partial charge in [-0.3, -0.25) is 0 Å². The van der Waals surface area contributed by atoms with Crippen molar-refractivity contribution in [1.29, 1.82) is 0 Å². The van der Waals surface area contributed by atoms with Gasteiger partial charge in [-0.1, -0.05) is 0 Å². The molecular formula is C20H26N4O2. The highest BCUT2D eigenvalue weighted by atomic mass is 16.5. The third-order valence-electron chi connectivity index (χ3n) is 6.17. The van der Waals surface area contributed by atoms with Crippen LogP contribution < -0.4 is 10.2 Å². The highest BCUT2D eigenvalue weighted by Crippen LogP contribution is 2.62. The molecule has 1 spiro atoms. The lowest BCUT2D eigenvalue weighted by molar-refractivity contribution is -0.0355. The molecule has 0 bridgehead atoms. The van der Waals surface area contributed by atoms with Gasteiger partial charge >= 0.3 is 0 Å². The molecule has 3 aliphatic rings. The third-order valence-corrected chi connectivity index (χ3v) is 6.17. The summed E-state index contributed by atoms with van der Waals surface area (Å²) in [6, 6.07) is 7.00. The zero-order chi connectivity index (χ0) is 17.6. The van der Waals surface area contributed by atoms with Gasteiger partial charge in [0, 0.05) is 36.8 Å². The van der Waals surface area contributed by atoms with Gasteiger partial charge in [-0.25, -0.2) is 9.97 Å². The number of nitrogens with zero attached hydrogens (tertiary/aromatic N) is 3. The van der Waals surface area contributed by atoms with Crippen LogP contribution in [-0.2, 0) is 9.47 Å². The molecule has 1 atom stereocenters. The molecule has 2 heterocycles. The number of ether oxygens (including phenoxy) is 2. The predicted octanol–water partition coefficient (Wildman–Crippen LogP) is 2.84. The van der Waals surface area contributed by atoms with Crippen molar-refractivity contribution < 1.29 is 9.47 Å². The van der Waals surface area contributed by atoms with E-state index in [4.69, 9.17) is 9.47 Å². The van der Waals surface area contributed by atoms with E-state index < -0.39 is 0 Å². The minimum absolute atomic E-state index is 0.443. The lowest BCUT2D eigenvalue weighted by Gasteiger charge is -2.36. The van der Waals surface area contributed by atoms with E-state index in [0.29, 0.717) is 17.6 Å². The number of hydrogen-bond acceptors (Lipinski definition) is 6. The van der Waals surface area contributed by atoms with Gasteiger partial charge in [-0.2, -0.15) is 0 Å². The molecule has 2 saturated carbocycles. The van der Waals surface area contributed by atoms with Crippen LogP contribution in [0.3, 0.4) is 0 Å². The van der Waals surface area contributed by atoms with Crippen LogP contribution in [0, 0.1) is 5.41 Å². The van der Waals surface area contributed by atoms with Crippen molar-refractivity contribution in [2.75, 3.05) is 43.1 Å². The molecular weight excluding hydrogens is 328 g/mol. The quantitative estimate of drug-likeness (QED) is 0.891. The van der Waals surface area contributed by atoms with Crippen LogP contribution in [0.25, 0.3) is 10.9 Å². The average Bonchev–Trinajstić information content (AvgIpc) is 3.36. The predicted molar refractivity (Wildman–Crippen MR) is 102 cm³/mol. The Balaban J connectivity index is 1.35. The van der Waals surface area contributed by atoms with Crippen LogP contribution in [-0.4, -0.2) is 55.0 Å². The molecule has 1 N–H and O–H groups in total. The molecule has 1 aromatic heterocycles. The fourth-order valence-corrected chi connectivity index (χ4v) is 4.55. The molecule has 1 aliphatic heterocycles. The Bertz CT molecular complexity index is 799. The summed E-state index contributed by atoms with van der Waals surface area (Å²) in [6.45, 7) is 6.35. The van der Waals surface area contributed by atoms with Crippen molar-refractivity contribution in [2.45, 2.75) is 38.3 Å². The van der Waals surface area contributed by atoms with Crippen LogP contribution in [0.1, 0.15) is 26.2 Å². The Labute approximate surface area is 153 Å².